The number of hydrogen-bond donors (Lipinski definition) is 0. The van der Waals surface area contributed by atoms with Crippen LogP contribution in [0.4, 0.5) is 0 Å². The van der Waals surface area contributed by atoms with Crippen molar-refractivity contribution in [3.05, 3.63) is 355 Å². The van der Waals surface area contributed by atoms with E-state index >= 15 is 0 Å². The fourth-order valence-corrected chi connectivity index (χ4v) is 36.9. The van der Waals surface area contributed by atoms with E-state index in [4.69, 9.17) is 21.3 Å². The number of rotatable bonds is 20. The second-order valence-corrected chi connectivity index (χ2v) is 47.3. The Hall–Kier alpha value is -6.90. The summed E-state index contributed by atoms with van der Waals surface area (Å²) in [7, 11) is -5.92. The third kappa shape index (κ3) is 16.5. The van der Waals surface area contributed by atoms with Crippen LogP contribution in [0.3, 0.4) is 0 Å². The molecule has 0 bridgehead atoms. The molecular formula is C100H120N4Si4Ti. The van der Waals surface area contributed by atoms with Crippen molar-refractivity contribution in [3.8, 4) is 0 Å². The average molecular weight is 1540 g/mol. The molecule has 0 heterocycles. The molecule has 0 saturated heterocycles. The number of hydrogen-bond acceptors (Lipinski definition) is 0. The first-order valence-electron chi connectivity index (χ1n) is 40.7. The third-order valence-corrected chi connectivity index (χ3v) is 43.1. The van der Waals surface area contributed by atoms with Crippen molar-refractivity contribution in [1.82, 2.24) is 0 Å². The van der Waals surface area contributed by atoms with Crippen molar-refractivity contribution in [1.29, 1.82) is 0 Å². The molecule has 8 aromatic rings. The van der Waals surface area contributed by atoms with Gasteiger partial charge in [-0.25, -0.2) is 0 Å². The number of benzene rings is 8. The first kappa shape index (κ1) is 81.6. The second kappa shape index (κ2) is 33.8. The Balaban J connectivity index is 0.000000135. The molecule has 0 radical (unpaired) electrons. The van der Waals surface area contributed by atoms with Gasteiger partial charge in [0.05, 0.1) is 35.2 Å². The SMILES string of the molecule is CC1=CC(C)([N-]C2([SiH](c3ccccc3)c3ccccc3)CCC2)C(C)=C1C.CC1=CC(C)([N-]C2([SiH](c3ccccc3)c3ccccc3)CCC2)C(C)=C1C.CC1=CC(C)([N-]C2([SiH](c3ccccc3)c3ccccc3)CCC2)C(C)=C1C.CC1=CC(C)([N-]C2([SiH](c3ccccc3)c3ccccc3)CCC2)C(C)=C1C.[Ti+4]. The second-order valence-electron chi connectivity index (χ2n) is 34.2. The van der Waals surface area contributed by atoms with E-state index in [1.807, 2.05) is 0 Å². The molecule has 4 nitrogen and oxygen atoms in total. The Morgan fingerprint density at radius 1 is 0.211 bits per heavy atom. The van der Waals surface area contributed by atoms with Crippen LogP contribution in [-0.2, 0) is 21.7 Å². The van der Waals surface area contributed by atoms with Crippen molar-refractivity contribution in [3.63, 3.8) is 0 Å². The van der Waals surface area contributed by atoms with E-state index in [0.717, 1.165) is 0 Å². The van der Waals surface area contributed by atoms with Gasteiger partial charge in [-0.3, -0.25) is 0 Å². The first-order valence-corrected chi connectivity index (χ1v) is 47.6. The van der Waals surface area contributed by atoms with Crippen LogP contribution < -0.4 is 41.5 Å². The molecule has 0 aromatic heterocycles. The summed E-state index contributed by atoms with van der Waals surface area (Å²) >= 11 is 0. The van der Waals surface area contributed by atoms with E-state index in [-0.39, 0.29) is 64.5 Å². The fourth-order valence-electron chi connectivity index (χ4n) is 20.0. The molecule has 0 amide bonds. The van der Waals surface area contributed by atoms with Crippen LogP contribution in [0.1, 0.15) is 188 Å². The quantitative estimate of drug-likeness (QED) is 0.0683. The molecule has 4 atom stereocenters. The van der Waals surface area contributed by atoms with Gasteiger partial charge >= 0.3 is 21.7 Å². The fraction of sp³-hybridized carbons (Fsp3) is 0.360. The van der Waals surface area contributed by atoms with Crippen LogP contribution in [0.5, 0.6) is 0 Å². The van der Waals surface area contributed by atoms with Gasteiger partial charge in [-0.1, -0.05) is 502 Å². The molecular weight excluding hydrogens is 1420 g/mol. The molecule has 9 heteroatoms. The zero-order valence-electron chi connectivity index (χ0n) is 68.5. The Morgan fingerprint density at radius 2 is 0.339 bits per heavy atom. The van der Waals surface area contributed by atoms with Gasteiger partial charge in [-0.15, -0.1) is 20.6 Å². The normalized spacial score (nSPS) is 23.9. The zero-order valence-corrected chi connectivity index (χ0v) is 74.7. The van der Waals surface area contributed by atoms with Crippen LogP contribution in [0.15, 0.2) is 334 Å². The summed E-state index contributed by atoms with van der Waals surface area (Å²) in [5.41, 5.74) is 16.4. The summed E-state index contributed by atoms with van der Waals surface area (Å²) in [6.07, 6.45) is 24.6. The first-order chi connectivity index (χ1) is 51.8. The average Bonchev–Trinajstić information content (AvgIpc) is 1.74. The molecule has 16 rings (SSSR count). The monoisotopic (exact) mass is 1540 g/mol. The predicted octanol–water partition coefficient (Wildman–Crippen LogP) is 19.7. The van der Waals surface area contributed by atoms with Crippen molar-refractivity contribution < 1.29 is 21.7 Å². The van der Waals surface area contributed by atoms with Crippen LogP contribution in [0.2, 0.25) is 0 Å². The van der Waals surface area contributed by atoms with Gasteiger partial charge in [0, 0.05) is 0 Å². The van der Waals surface area contributed by atoms with Gasteiger partial charge < -0.3 is 21.3 Å². The minimum absolute atomic E-state index is 0. The molecule has 8 aromatic carbocycles. The maximum absolute atomic E-state index is 5.71. The minimum atomic E-state index is -1.48. The Labute approximate surface area is 678 Å². The third-order valence-electron chi connectivity index (χ3n) is 27.6. The molecule has 0 spiro atoms. The molecule has 4 saturated carbocycles. The minimum Gasteiger partial charge on any atom is -0.647 e. The largest absolute Gasteiger partial charge is 4.00 e. The zero-order chi connectivity index (χ0) is 76.3. The van der Waals surface area contributed by atoms with Gasteiger partial charge in [-0.2, -0.15) is 0 Å². The molecule has 4 fully saturated rings. The van der Waals surface area contributed by atoms with Crippen molar-refractivity contribution in [2.45, 2.75) is 231 Å². The number of allylic oxidation sites excluding steroid dienone is 8. The molecule has 8 aliphatic carbocycles. The molecule has 0 N–H and O–H groups in total. The van der Waals surface area contributed by atoms with Crippen LogP contribution in [0.25, 0.3) is 21.3 Å². The van der Waals surface area contributed by atoms with Gasteiger partial charge in [0.2, 0.25) is 0 Å². The van der Waals surface area contributed by atoms with E-state index in [1.54, 1.807) is 0 Å². The van der Waals surface area contributed by atoms with Gasteiger partial charge in [0.25, 0.3) is 0 Å². The molecule has 4 unspecified atom stereocenters. The molecule has 109 heavy (non-hydrogen) atoms. The van der Waals surface area contributed by atoms with E-state index in [2.05, 4.69) is 378 Å². The predicted molar refractivity (Wildman–Crippen MR) is 479 cm³/mol. The van der Waals surface area contributed by atoms with Gasteiger partial charge in [0.1, 0.15) is 0 Å². The van der Waals surface area contributed by atoms with E-state index in [1.165, 1.54) is 185 Å². The van der Waals surface area contributed by atoms with Crippen LogP contribution in [-0.4, -0.2) is 78.0 Å². The summed E-state index contributed by atoms with van der Waals surface area (Å²) < 4.78 is 0. The van der Waals surface area contributed by atoms with Crippen LogP contribution in [0, 0.1) is 0 Å². The summed E-state index contributed by atoms with van der Waals surface area (Å²) in [5, 5.41) is 35.4. The Bertz CT molecular complexity index is 3960. The molecule has 0 aliphatic heterocycles. The molecule has 8 aliphatic rings. The number of nitrogens with zero attached hydrogens (tertiary/aromatic N) is 4. The van der Waals surface area contributed by atoms with Gasteiger partial charge in [0.15, 0.2) is 0 Å². The van der Waals surface area contributed by atoms with Crippen molar-refractivity contribution in [2.75, 3.05) is 0 Å². The summed E-state index contributed by atoms with van der Waals surface area (Å²) in [4.78, 5) is 0. The maximum Gasteiger partial charge on any atom is 4.00 e. The summed E-state index contributed by atoms with van der Waals surface area (Å²) in [6, 6.07) is 89.6. The summed E-state index contributed by atoms with van der Waals surface area (Å²) in [5.74, 6) is 0. The van der Waals surface area contributed by atoms with E-state index in [0.29, 0.717) is 0 Å². The topological polar surface area (TPSA) is 56.4 Å². The smallest absolute Gasteiger partial charge is 0.647 e. The van der Waals surface area contributed by atoms with E-state index < -0.39 is 35.2 Å². The standard InChI is InChI=1S/4C25H30NSi.Ti/c4*1-19-18-24(4,21(3)20(19)2)26-25(16-11-17-25)27(22-12-7-5-8-13-22)23-14-9-6-10-15-23;/h4*5-10,12-15,18,27H,11,16-17H2,1-4H3;/q4*-1;+4. The molecule has 560 valence electrons. The van der Waals surface area contributed by atoms with Crippen molar-refractivity contribution >= 4 is 76.7 Å². The van der Waals surface area contributed by atoms with Crippen LogP contribution >= 0.6 is 0 Å². The van der Waals surface area contributed by atoms with E-state index in [9.17, 15) is 0 Å². The van der Waals surface area contributed by atoms with Gasteiger partial charge in [-0.05, 0) is 83.1 Å². The Morgan fingerprint density at radius 3 is 0.431 bits per heavy atom. The Kier molecular flexibility index (Phi) is 25.3. The summed E-state index contributed by atoms with van der Waals surface area (Å²) in [6.45, 7) is 36.3. The maximum atomic E-state index is 5.71. The van der Waals surface area contributed by atoms with Crippen molar-refractivity contribution in [2.24, 2.45) is 0 Å².